The first-order chi connectivity index (χ1) is 9.15. The van der Waals surface area contributed by atoms with Gasteiger partial charge in [0, 0.05) is 18.5 Å². The average Bonchev–Trinajstić information content (AvgIpc) is 2.82. The molecule has 0 spiro atoms. The van der Waals surface area contributed by atoms with E-state index in [-0.39, 0.29) is 5.82 Å². The zero-order valence-corrected chi connectivity index (χ0v) is 10.1. The molecule has 98 valence electrons. The number of ether oxygens (including phenoxy) is 1. The molecule has 2 rings (SSSR count). The molecule has 0 saturated carbocycles. The van der Waals surface area contributed by atoms with E-state index >= 15 is 0 Å². The second-order valence-corrected chi connectivity index (χ2v) is 3.68. The number of pyridine rings is 1. The largest absolute Gasteiger partial charge is 0.452 e. The summed E-state index contributed by atoms with van der Waals surface area (Å²) in [7, 11) is 0. The minimum absolute atomic E-state index is 0.280. The Kier molecular flexibility index (Phi) is 3.87. The molecule has 2 heterocycles. The van der Waals surface area contributed by atoms with Gasteiger partial charge in [-0.25, -0.2) is 4.79 Å². The molecule has 0 aromatic carbocycles. The summed E-state index contributed by atoms with van der Waals surface area (Å²) in [6.45, 7) is 1.30. The summed E-state index contributed by atoms with van der Waals surface area (Å²) >= 11 is 0. The number of anilines is 1. The monoisotopic (exact) mass is 261 g/mol. The van der Waals surface area contributed by atoms with Gasteiger partial charge in [-0.15, -0.1) is 0 Å². The van der Waals surface area contributed by atoms with Crippen molar-refractivity contribution < 1.29 is 18.8 Å². The van der Waals surface area contributed by atoms with E-state index in [0.717, 1.165) is 0 Å². The van der Waals surface area contributed by atoms with Crippen LogP contribution < -0.4 is 5.32 Å². The van der Waals surface area contributed by atoms with Crippen LogP contribution in [0.2, 0.25) is 0 Å². The number of aromatic nitrogens is 2. The maximum atomic E-state index is 11.5. The van der Waals surface area contributed by atoms with Crippen LogP contribution in [0.25, 0.3) is 0 Å². The molecule has 0 bridgehead atoms. The molecule has 0 aliphatic rings. The zero-order valence-electron chi connectivity index (χ0n) is 10.1. The Morgan fingerprint density at radius 1 is 1.37 bits per heavy atom. The van der Waals surface area contributed by atoms with Gasteiger partial charge in [0.25, 0.3) is 5.91 Å². The number of hydrogen-bond acceptors (Lipinski definition) is 6. The molecule has 19 heavy (non-hydrogen) atoms. The Hall–Kier alpha value is -2.70. The molecule has 0 aliphatic heterocycles. The van der Waals surface area contributed by atoms with Crippen LogP contribution in [0, 0.1) is 6.92 Å². The number of carbonyl (C=O) groups is 2. The number of hydrogen-bond donors (Lipinski definition) is 1. The van der Waals surface area contributed by atoms with Crippen molar-refractivity contribution in [1.82, 2.24) is 10.1 Å². The minimum atomic E-state index is -0.589. The molecule has 1 amide bonds. The number of aryl methyl sites for hydroxylation is 1. The second kappa shape index (κ2) is 5.76. The van der Waals surface area contributed by atoms with Crippen molar-refractivity contribution in [3.63, 3.8) is 0 Å². The van der Waals surface area contributed by atoms with E-state index in [2.05, 4.69) is 15.5 Å². The van der Waals surface area contributed by atoms with Gasteiger partial charge < -0.3 is 14.6 Å². The van der Waals surface area contributed by atoms with E-state index in [4.69, 9.17) is 9.26 Å². The molecule has 2 aromatic heterocycles. The minimum Gasteiger partial charge on any atom is -0.452 e. The normalized spacial score (nSPS) is 9.95. The fourth-order valence-corrected chi connectivity index (χ4v) is 1.31. The summed E-state index contributed by atoms with van der Waals surface area (Å²) in [5.74, 6) is -0.226. The topological polar surface area (TPSA) is 94.3 Å². The van der Waals surface area contributed by atoms with E-state index in [1.807, 2.05) is 0 Å². The molecular formula is C12H11N3O4. The first-order valence-corrected chi connectivity index (χ1v) is 5.45. The molecule has 0 fully saturated rings. The lowest BCUT2D eigenvalue weighted by Crippen LogP contribution is -2.21. The molecule has 7 nitrogen and oxygen atoms in total. The van der Waals surface area contributed by atoms with Crippen LogP contribution in [-0.4, -0.2) is 28.6 Å². The Morgan fingerprint density at radius 3 is 2.74 bits per heavy atom. The molecule has 0 unspecified atom stereocenters. The van der Waals surface area contributed by atoms with Crippen molar-refractivity contribution in [2.75, 3.05) is 11.9 Å². The molecule has 7 heteroatoms. The van der Waals surface area contributed by atoms with Gasteiger partial charge in [-0.1, -0.05) is 5.16 Å². The lowest BCUT2D eigenvalue weighted by Gasteiger charge is -2.03. The first-order valence-electron chi connectivity index (χ1n) is 5.45. The van der Waals surface area contributed by atoms with Crippen LogP contribution in [0.5, 0.6) is 0 Å². The standard InChI is InChI=1S/C12H11N3O4/c1-8-6-10(15-19-8)14-11(16)7-18-12(17)9-2-4-13-5-3-9/h2-6H,7H2,1H3,(H,14,15,16). The Morgan fingerprint density at radius 2 is 2.11 bits per heavy atom. The number of carbonyl (C=O) groups excluding carboxylic acids is 2. The highest BCUT2D eigenvalue weighted by Gasteiger charge is 2.11. The van der Waals surface area contributed by atoms with Gasteiger partial charge in [-0.3, -0.25) is 9.78 Å². The summed E-state index contributed by atoms with van der Waals surface area (Å²) in [6, 6.07) is 4.56. The van der Waals surface area contributed by atoms with E-state index < -0.39 is 18.5 Å². The van der Waals surface area contributed by atoms with E-state index in [1.165, 1.54) is 24.5 Å². The Labute approximate surface area is 108 Å². The fourth-order valence-electron chi connectivity index (χ4n) is 1.31. The lowest BCUT2D eigenvalue weighted by atomic mass is 10.3. The van der Waals surface area contributed by atoms with Gasteiger partial charge >= 0.3 is 5.97 Å². The number of amides is 1. The summed E-state index contributed by atoms with van der Waals surface area (Å²) in [4.78, 5) is 26.8. The summed E-state index contributed by atoms with van der Waals surface area (Å²) < 4.78 is 9.61. The van der Waals surface area contributed by atoms with Crippen LogP contribution in [0.15, 0.2) is 35.1 Å². The lowest BCUT2D eigenvalue weighted by molar-refractivity contribution is -0.119. The summed E-state index contributed by atoms with van der Waals surface area (Å²) in [5, 5.41) is 6.02. The average molecular weight is 261 g/mol. The van der Waals surface area contributed by atoms with Gasteiger partial charge in [-0.2, -0.15) is 0 Å². The molecular weight excluding hydrogens is 250 g/mol. The Balaban J connectivity index is 1.82. The van der Waals surface area contributed by atoms with Crippen LogP contribution in [-0.2, 0) is 9.53 Å². The molecule has 0 aliphatic carbocycles. The fraction of sp³-hybridized carbons (Fsp3) is 0.167. The summed E-state index contributed by atoms with van der Waals surface area (Å²) in [5.41, 5.74) is 0.333. The van der Waals surface area contributed by atoms with Crippen molar-refractivity contribution in [2.24, 2.45) is 0 Å². The third-order valence-electron chi connectivity index (χ3n) is 2.15. The molecule has 0 atom stereocenters. The first kappa shape index (κ1) is 12.7. The highest BCUT2D eigenvalue weighted by Crippen LogP contribution is 2.06. The third kappa shape index (κ3) is 3.63. The highest BCUT2D eigenvalue weighted by atomic mass is 16.5. The van der Waals surface area contributed by atoms with E-state index in [9.17, 15) is 9.59 Å². The van der Waals surface area contributed by atoms with E-state index in [0.29, 0.717) is 11.3 Å². The zero-order chi connectivity index (χ0) is 13.7. The van der Waals surface area contributed by atoms with Crippen molar-refractivity contribution >= 4 is 17.7 Å². The summed E-state index contributed by atoms with van der Waals surface area (Å²) in [6.07, 6.45) is 2.93. The number of esters is 1. The highest BCUT2D eigenvalue weighted by molar-refractivity contribution is 5.94. The molecule has 0 radical (unpaired) electrons. The number of nitrogens with zero attached hydrogens (tertiary/aromatic N) is 2. The van der Waals surface area contributed by atoms with Gasteiger partial charge in [-0.05, 0) is 19.1 Å². The molecule has 2 aromatic rings. The molecule has 1 N–H and O–H groups in total. The van der Waals surface area contributed by atoms with Crippen LogP contribution in [0.3, 0.4) is 0 Å². The van der Waals surface area contributed by atoms with Crippen LogP contribution >= 0.6 is 0 Å². The maximum Gasteiger partial charge on any atom is 0.338 e. The SMILES string of the molecule is Cc1cc(NC(=O)COC(=O)c2ccncc2)no1. The number of rotatable bonds is 4. The van der Waals surface area contributed by atoms with Gasteiger partial charge in [0.1, 0.15) is 5.76 Å². The maximum absolute atomic E-state index is 11.5. The van der Waals surface area contributed by atoms with Crippen molar-refractivity contribution in [2.45, 2.75) is 6.92 Å². The van der Waals surface area contributed by atoms with Gasteiger partial charge in [0.05, 0.1) is 5.56 Å². The van der Waals surface area contributed by atoms with Crippen molar-refractivity contribution in [3.8, 4) is 0 Å². The quantitative estimate of drug-likeness (QED) is 0.830. The smallest absolute Gasteiger partial charge is 0.338 e. The third-order valence-corrected chi connectivity index (χ3v) is 2.15. The van der Waals surface area contributed by atoms with Crippen molar-refractivity contribution in [1.29, 1.82) is 0 Å². The predicted molar refractivity (Wildman–Crippen MR) is 64.4 cm³/mol. The Bertz CT molecular complexity index is 580. The van der Waals surface area contributed by atoms with Gasteiger partial charge in [0.15, 0.2) is 12.4 Å². The number of nitrogens with one attached hydrogen (secondary N) is 1. The van der Waals surface area contributed by atoms with Gasteiger partial charge in [0.2, 0.25) is 0 Å². The van der Waals surface area contributed by atoms with Crippen molar-refractivity contribution in [3.05, 3.63) is 41.9 Å². The van der Waals surface area contributed by atoms with E-state index in [1.54, 1.807) is 13.0 Å². The second-order valence-electron chi connectivity index (χ2n) is 3.68. The van der Waals surface area contributed by atoms with Crippen LogP contribution in [0.4, 0.5) is 5.82 Å². The predicted octanol–water partition coefficient (Wildman–Crippen LogP) is 1.17. The molecule has 0 saturated heterocycles. The van der Waals surface area contributed by atoms with Crippen LogP contribution in [0.1, 0.15) is 16.1 Å².